The fourth-order valence-corrected chi connectivity index (χ4v) is 3.45. The molecule has 5 heteroatoms. The number of rotatable bonds is 11. The molecule has 1 amide bonds. The van der Waals surface area contributed by atoms with Crippen molar-refractivity contribution in [2.45, 2.75) is 47.0 Å². The molecule has 0 aromatic heterocycles. The lowest BCUT2D eigenvalue weighted by atomic mass is 10.0. The Morgan fingerprint density at radius 3 is 2.66 bits per heavy atom. The van der Waals surface area contributed by atoms with E-state index >= 15 is 0 Å². The zero-order valence-corrected chi connectivity index (χ0v) is 20.1. The molecule has 5 nitrogen and oxygen atoms in total. The molecule has 1 aliphatic carbocycles. The fourth-order valence-electron chi connectivity index (χ4n) is 3.45. The lowest BCUT2D eigenvalue weighted by molar-refractivity contribution is 0.0948. The Hall–Kier alpha value is -2.95. The summed E-state index contributed by atoms with van der Waals surface area (Å²) in [5.41, 5.74) is 3.64. The van der Waals surface area contributed by atoms with Crippen LogP contribution in [0, 0.1) is 5.92 Å². The summed E-state index contributed by atoms with van der Waals surface area (Å²) in [4.78, 5) is 16.2. The van der Waals surface area contributed by atoms with Gasteiger partial charge >= 0.3 is 6.09 Å². The van der Waals surface area contributed by atoms with Gasteiger partial charge in [-0.2, -0.15) is 0 Å². The van der Waals surface area contributed by atoms with Gasteiger partial charge in [0.25, 0.3) is 0 Å². The molecule has 1 N–H and O–H groups in total. The first-order valence-corrected chi connectivity index (χ1v) is 11.6. The van der Waals surface area contributed by atoms with Crippen LogP contribution in [-0.2, 0) is 4.74 Å². The van der Waals surface area contributed by atoms with Crippen molar-refractivity contribution in [1.29, 1.82) is 0 Å². The van der Waals surface area contributed by atoms with Crippen molar-refractivity contribution in [1.82, 2.24) is 15.1 Å². The first-order valence-electron chi connectivity index (χ1n) is 11.6. The molecule has 0 aromatic carbocycles. The molecular weight excluding hydrogens is 398 g/mol. The normalized spacial score (nSPS) is 18.8. The van der Waals surface area contributed by atoms with Gasteiger partial charge in [0, 0.05) is 43.6 Å². The maximum absolute atomic E-state index is 12.3. The van der Waals surface area contributed by atoms with Crippen LogP contribution in [0.2, 0.25) is 0 Å². The molecule has 32 heavy (non-hydrogen) atoms. The van der Waals surface area contributed by atoms with Gasteiger partial charge in [-0.25, -0.2) is 4.79 Å². The average Bonchev–Trinajstić information content (AvgIpc) is 2.82. The Balaban J connectivity index is 1.68. The van der Waals surface area contributed by atoms with E-state index in [-0.39, 0.29) is 6.09 Å². The van der Waals surface area contributed by atoms with Crippen molar-refractivity contribution in [3.8, 4) is 0 Å². The van der Waals surface area contributed by atoms with Crippen LogP contribution in [0.25, 0.3) is 0 Å². The van der Waals surface area contributed by atoms with Crippen molar-refractivity contribution >= 4 is 6.09 Å². The zero-order valence-electron chi connectivity index (χ0n) is 20.1. The summed E-state index contributed by atoms with van der Waals surface area (Å²) in [7, 11) is 0. The highest BCUT2D eigenvalue weighted by Crippen LogP contribution is 2.17. The van der Waals surface area contributed by atoms with Gasteiger partial charge in [-0.1, -0.05) is 42.5 Å². The lowest BCUT2D eigenvalue weighted by Crippen LogP contribution is -2.34. The second-order valence-electron chi connectivity index (χ2n) is 8.18. The van der Waals surface area contributed by atoms with Gasteiger partial charge in [-0.3, -0.25) is 0 Å². The Labute approximate surface area is 194 Å². The molecule has 0 bridgehead atoms. The second kappa shape index (κ2) is 14.2. The molecule has 2 aliphatic rings. The van der Waals surface area contributed by atoms with Crippen molar-refractivity contribution in [3.63, 3.8) is 0 Å². The Kier molecular flexibility index (Phi) is 11.2. The Morgan fingerprint density at radius 1 is 1.19 bits per heavy atom. The number of hydrogen-bond donors (Lipinski definition) is 1. The first kappa shape index (κ1) is 25.3. The van der Waals surface area contributed by atoms with Gasteiger partial charge in [0.05, 0.1) is 6.61 Å². The summed E-state index contributed by atoms with van der Waals surface area (Å²) in [5.74, 6) is 0.292. The minimum Gasteiger partial charge on any atom is -0.449 e. The molecule has 0 radical (unpaired) electrons. The van der Waals surface area contributed by atoms with E-state index in [1.807, 2.05) is 25.3 Å². The van der Waals surface area contributed by atoms with Crippen molar-refractivity contribution in [2.75, 3.05) is 26.2 Å². The summed E-state index contributed by atoms with van der Waals surface area (Å²) < 4.78 is 5.49. The van der Waals surface area contributed by atoms with Crippen LogP contribution in [0.5, 0.6) is 0 Å². The highest BCUT2D eigenvalue weighted by Gasteiger charge is 2.15. The van der Waals surface area contributed by atoms with E-state index in [9.17, 15) is 4.79 Å². The van der Waals surface area contributed by atoms with Crippen LogP contribution in [-0.4, -0.2) is 42.1 Å². The van der Waals surface area contributed by atoms with E-state index in [1.54, 1.807) is 4.90 Å². The average molecular weight is 438 g/mol. The molecule has 2 rings (SSSR count). The van der Waals surface area contributed by atoms with E-state index in [4.69, 9.17) is 4.74 Å². The summed E-state index contributed by atoms with van der Waals surface area (Å²) in [6.07, 6.45) is 25.6. The maximum atomic E-state index is 12.3. The smallest absolute Gasteiger partial charge is 0.409 e. The Bertz CT molecular complexity index is 803. The minimum absolute atomic E-state index is 0.221. The van der Waals surface area contributed by atoms with Crippen LogP contribution in [0.3, 0.4) is 0 Å². The highest BCUT2D eigenvalue weighted by atomic mass is 16.6. The standard InChI is InChI=1S/C27H39N3O2/c1-5-29(27(31)32-22-26-13-8-6-9-14-26)20-12-16-28-17-15-23(2)21-24(3)25(4)30-18-10-7-11-19-30/h6,8-11,13,15,17-19,21,26,28H,5,7,12,14,16,20,22H2,1-4H3/b17-15+,23-21-,25-24+. The predicted octanol–water partition coefficient (Wildman–Crippen LogP) is 6.04. The monoisotopic (exact) mass is 437 g/mol. The lowest BCUT2D eigenvalue weighted by Gasteiger charge is -2.22. The molecule has 0 spiro atoms. The van der Waals surface area contributed by atoms with Crippen molar-refractivity contribution < 1.29 is 9.53 Å². The molecule has 0 aromatic rings. The molecule has 1 aliphatic heterocycles. The molecule has 0 fully saturated rings. The number of amides is 1. The molecule has 0 saturated heterocycles. The quantitative estimate of drug-likeness (QED) is 0.316. The van der Waals surface area contributed by atoms with Gasteiger partial charge in [0.15, 0.2) is 0 Å². The maximum Gasteiger partial charge on any atom is 0.409 e. The molecule has 1 atom stereocenters. The number of carbonyl (C=O) groups excluding carboxylic acids is 1. The summed E-state index contributed by atoms with van der Waals surface area (Å²) in [5, 5.41) is 3.32. The summed E-state index contributed by atoms with van der Waals surface area (Å²) in [6.45, 7) is 10.9. The topological polar surface area (TPSA) is 44.8 Å². The molecule has 0 saturated carbocycles. The van der Waals surface area contributed by atoms with E-state index in [1.165, 1.54) is 16.8 Å². The third-order valence-electron chi connectivity index (χ3n) is 5.55. The molecule has 1 unspecified atom stereocenters. The van der Waals surface area contributed by atoms with Crippen LogP contribution >= 0.6 is 0 Å². The van der Waals surface area contributed by atoms with Crippen LogP contribution < -0.4 is 5.32 Å². The Morgan fingerprint density at radius 2 is 1.97 bits per heavy atom. The van der Waals surface area contributed by atoms with Crippen molar-refractivity contribution in [3.05, 3.63) is 84.1 Å². The van der Waals surface area contributed by atoms with Gasteiger partial charge in [-0.05, 0) is 70.4 Å². The highest BCUT2D eigenvalue weighted by molar-refractivity contribution is 5.67. The first-order chi connectivity index (χ1) is 15.5. The number of ether oxygens (including phenoxy) is 1. The van der Waals surface area contributed by atoms with Gasteiger partial charge in [-0.15, -0.1) is 0 Å². The fraction of sp³-hybridized carbons (Fsp3) is 0.444. The summed E-state index contributed by atoms with van der Waals surface area (Å²) >= 11 is 0. The van der Waals surface area contributed by atoms with E-state index in [0.29, 0.717) is 25.6 Å². The largest absolute Gasteiger partial charge is 0.449 e. The number of carbonyl (C=O) groups is 1. The minimum atomic E-state index is -0.221. The molecule has 1 heterocycles. The summed E-state index contributed by atoms with van der Waals surface area (Å²) in [6, 6.07) is 0. The predicted molar refractivity (Wildman–Crippen MR) is 134 cm³/mol. The number of hydrogen-bond acceptors (Lipinski definition) is 4. The molecule has 174 valence electrons. The van der Waals surface area contributed by atoms with Crippen molar-refractivity contribution in [2.24, 2.45) is 5.92 Å². The van der Waals surface area contributed by atoms with Crippen LogP contribution in [0.1, 0.15) is 47.0 Å². The van der Waals surface area contributed by atoms with Gasteiger partial charge < -0.3 is 19.9 Å². The number of allylic oxidation sites excluding steroid dienone is 10. The SMILES string of the molecule is CCN(CCCN/C=C/C(C)=C\C(C)=C(/C)N1C=CCC=C1)C(=O)OCC1C=CC=CC1. The van der Waals surface area contributed by atoms with Gasteiger partial charge in [0.2, 0.25) is 0 Å². The molecular formula is C27H39N3O2. The van der Waals surface area contributed by atoms with E-state index in [0.717, 1.165) is 25.8 Å². The zero-order chi connectivity index (χ0) is 23.2. The van der Waals surface area contributed by atoms with E-state index in [2.05, 4.69) is 79.8 Å². The number of nitrogens with zero attached hydrogens (tertiary/aromatic N) is 2. The van der Waals surface area contributed by atoms with E-state index < -0.39 is 0 Å². The third kappa shape index (κ3) is 9.04. The van der Waals surface area contributed by atoms with Crippen LogP contribution in [0.15, 0.2) is 84.1 Å². The van der Waals surface area contributed by atoms with Crippen LogP contribution in [0.4, 0.5) is 4.79 Å². The second-order valence-corrected chi connectivity index (χ2v) is 8.18. The number of nitrogens with one attached hydrogen (secondary N) is 1. The van der Waals surface area contributed by atoms with Gasteiger partial charge in [0.1, 0.15) is 0 Å². The third-order valence-corrected chi connectivity index (χ3v) is 5.55.